The smallest absolute Gasteiger partial charge is 0.176 e. The first-order valence-corrected chi connectivity index (χ1v) is 17.8. The summed E-state index contributed by atoms with van der Waals surface area (Å²) < 4.78 is 45.5. The molecule has 0 aromatic rings. The maximum absolute atomic E-state index is 11.3. The summed E-state index contributed by atoms with van der Waals surface area (Å²) in [7, 11) is 0. The second-order valence-corrected chi connectivity index (χ2v) is 14.0. The molecule has 4 aliphatic rings. The predicted octanol–water partition coefficient (Wildman–Crippen LogP) is -12.3. The molecule has 0 aromatic heterocycles. The van der Waals surface area contributed by atoms with E-state index in [-0.39, 0.29) is 6.29 Å². The van der Waals surface area contributed by atoms with Crippen molar-refractivity contribution in [3.05, 3.63) is 0 Å². The summed E-state index contributed by atoms with van der Waals surface area (Å²) in [6, 6.07) is -7.52. The molecular formula is C30H57N5O21. The van der Waals surface area contributed by atoms with Gasteiger partial charge in [0.1, 0.15) is 97.8 Å². The molecule has 4 fully saturated rings. The van der Waals surface area contributed by atoms with Gasteiger partial charge in [-0.2, -0.15) is 0 Å². The number of aldehydes is 1. The minimum Gasteiger partial charge on any atom is -0.394 e. The van der Waals surface area contributed by atoms with Gasteiger partial charge in [0.15, 0.2) is 25.2 Å². The van der Waals surface area contributed by atoms with Gasteiger partial charge in [-0.05, 0) is 0 Å². The van der Waals surface area contributed by atoms with Crippen molar-refractivity contribution < 1.29 is 104 Å². The molecule has 24 atom stereocenters. The number of aliphatic hydroxyl groups excluding tert-OH is 12. The van der Waals surface area contributed by atoms with E-state index in [4.69, 9.17) is 66.6 Å². The van der Waals surface area contributed by atoms with Gasteiger partial charge in [-0.25, -0.2) is 0 Å². The molecule has 0 aliphatic carbocycles. The fourth-order valence-electron chi connectivity index (χ4n) is 6.78. The average Bonchev–Trinajstić information content (AvgIpc) is 3.20. The van der Waals surface area contributed by atoms with Gasteiger partial charge in [-0.1, -0.05) is 0 Å². The van der Waals surface area contributed by atoms with Crippen LogP contribution in [0.4, 0.5) is 0 Å². The van der Waals surface area contributed by atoms with Crippen LogP contribution in [0.3, 0.4) is 0 Å². The molecule has 56 heavy (non-hydrogen) atoms. The molecule has 26 nitrogen and oxygen atoms in total. The van der Waals surface area contributed by atoms with Crippen molar-refractivity contribution in [3.8, 4) is 0 Å². The van der Waals surface area contributed by atoms with Crippen LogP contribution >= 0.6 is 0 Å². The Morgan fingerprint density at radius 3 is 1.23 bits per heavy atom. The fourth-order valence-corrected chi connectivity index (χ4v) is 6.78. The van der Waals surface area contributed by atoms with Gasteiger partial charge < -0.3 is 133 Å². The van der Waals surface area contributed by atoms with Crippen molar-refractivity contribution in [1.29, 1.82) is 0 Å². The molecule has 0 radical (unpaired) electrons. The Balaban J connectivity index is 1.43. The summed E-state index contributed by atoms with van der Waals surface area (Å²) in [5.74, 6) is 0. The Morgan fingerprint density at radius 1 is 0.536 bits per heavy atom. The van der Waals surface area contributed by atoms with Crippen LogP contribution in [0.1, 0.15) is 0 Å². The number of hydrogen-bond acceptors (Lipinski definition) is 26. The van der Waals surface area contributed by atoms with Crippen LogP contribution in [0.25, 0.3) is 0 Å². The molecule has 22 N–H and O–H groups in total. The zero-order chi connectivity index (χ0) is 41.8. The standard InChI is InChI=1S/C30H57N5O21/c31-7(1-36)17(43)23(8(42)2-37)53-28-14(33)20(46)25(10(4-39)50-28)55-30-16(35)22(48)26(12(6-41)52-30)56-29-15(34)21(47)24(11(5-40)51-29)54-27-13(32)19(45)18(44)9(3-38)49-27/h1,7-30,37-48H,2-6,31-35H2/t7-,8+,9+,10+,11+,12+,13+,14+,15+,16+,17+,18+,19+,20+,21+,22+,23+,24+,25+,26+,27-,28-,29-,30-/m0/s1. The summed E-state index contributed by atoms with van der Waals surface area (Å²) in [5, 5.41) is 124. The molecular weight excluding hydrogens is 766 g/mol. The van der Waals surface area contributed by atoms with Crippen LogP contribution in [-0.4, -0.2) is 248 Å². The predicted molar refractivity (Wildman–Crippen MR) is 178 cm³/mol. The largest absolute Gasteiger partial charge is 0.394 e. The second-order valence-electron chi connectivity index (χ2n) is 14.0. The molecule has 4 heterocycles. The second kappa shape index (κ2) is 20.8. The van der Waals surface area contributed by atoms with E-state index in [0.717, 1.165) is 0 Å². The van der Waals surface area contributed by atoms with Gasteiger partial charge in [0.25, 0.3) is 0 Å². The van der Waals surface area contributed by atoms with Crippen LogP contribution in [0.15, 0.2) is 0 Å². The highest BCUT2D eigenvalue weighted by atomic mass is 16.8. The van der Waals surface area contributed by atoms with Gasteiger partial charge in [0.05, 0.1) is 63.2 Å². The van der Waals surface area contributed by atoms with E-state index in [1.807, 2.05) is 0 Å². The molecule has 328 valence electrons. The quantitative estimate of drug-likeness (QED) is 0.0605. The lowest BCUT2D eigenvalue weighted by Gasteiger charge is -2.50. The lowest BCUT2D eigenvalue weighted by atomic mass is 9.94. The Morgan fingerprint density at radius 2 is 0.875 bits per heavy atom. The summed E-state index contributed by atoms with van der Waals surface area (Å²) in [6.07, 6.45) is -30.4. The monoisotopic (exact) mass is 823 g/mol. The van der Waals surface area contributed by atoms with Crippen molar-refractivity contribution in [2.45, 2.75) is 147 Å². The molecule has 0 saturated carbocycles. The molecule has 4 aliphatic heterocycles. The first-order chi connectivity index (χ1) is 26.5. The number of hydrogen-bond donors (Lipinski definition) is 17. The summed E-state index contributed by atoms with van der Waals surface area (Å²) >= 11 is 0. The van der Waals surface area contributed by atoms with E-state index in [1.165, 1.54) is 0 Å². The highest BCUT2D eigenvalue weighted by Crippen LogP contribution is 2.33. The highest BCUT2D eigenvalue weighted by Gasteiger charge is 2.54. The molecule has 4 saturated heterocycles. The Kier molecular flexibility index (Phi) is 17.6. The van der Waals surface area contributed by atoms with Crippen LogP contribution in [0, 0.1) is 0 Å². The molecule has 0 bridgehead atoms. The van der Waals surface area contributed by atoms with Crippen molar-refractivity contribution >= 4 is 6.29 Å². The van der Waals surface area contributed by atoms with E-state index >= 15 is 0 Å². The van der Waals surface area contributed by atoms with Crippen molar-refractivity contribution in [2.24, 2.45) is 28.7 Å². The molecule has 0 unspecified atom stereocenters. The van der Waals surface area contributed by atoms with Gasteiger partial charge >= 0.3 is 0 Å². The van der Waals surface area contributed by atoms with E-state index in [9.17, 15) is 66.1 Å². The first-order valence-electron chi connectivity index (χ1n) is 17.8. The van der Waals surface area contributed by atoms with Crippen LogP contribution < -0.4 is 28.7 Å². The van der Waals surface area contributed by atoms with Gasteiger partial charge in [0.2, 0.25) is 0 Å². The number of rotatable bonds is 17. The van der Waals surface area contributed by atoms with Gasteiger partial charge in [-0.15, -0.1) is 0 Å². The molecule has 0 aromatic carbocycles. The third-order valence-corrected chi connectivity index (χ3v) is 10.2. The van der Waals surface area contributed by atoms with Crippen LogP contribution in [-0.2, 0) is 42.7 Å². The first kappa shape index (κ1) is 47.3. The van der Waals surface area contributed by atoms with E-state index < -0.39 is 180 Å². The Hall–Kier alpha value is -1.33. The topological polar surface area (TPSA) is 464 Å². The van der Waals surface area contributed by atoms with Gasteiger partial charge in [0, 0.05) is 0 Å². The fraction of sp³-hybridized carbons (Fsp3) is 0.967. The SMILES string of the molecule is N[C@H]1[C@H](O[C@H]2[C@H](O)[C@@H](N)[C@H](O[C@H]3[C@H](O)[C@@H](N)[C@H](O[C@H]4[C@H](O)[C@@H](N)[C@H](O[C@@H]([C@H](O)[C@@H](N)C=O)[C@H](O)CO)O[C@@H]4CO)O[C@@H]3CO)O[C@@H]2CO)O[C@H](CO)[C@@H](O)[C@@H]1O. The van der Waals surface area contributed by atoms with E-state index in [0.29, 0.717) is 0 Å². The number of aliphatic hydroxyl groups is 12. The number of carbonyl (C=O) groups is 1. The highest BCUT2D eigenvalue weighted by molar-refractivity contribution is 5.58. The maximum atomic E-state index is 11.3. The lowest BCUT2D eigenvalue weighted by Crippen LogP contribution is -2.70. The Bertz CT molecular complexity index is 1200. The maximum Gasteiger partial charge on any atom is 0.176 e. The van der Waals surface area contributed by atoms with E-state index in [1.54, 1.807) is 0 Å². The molecule has 4 rings (SSSR count). The zero-order valence-corrected chi connectivity index (χ0v) is 29.9. The van der Waals surface area contributed by atoms with Crippen molar-refractivity contribution in [2.75, 3.05) is 33.0 Å². The van der Waals surface area contributed by atoms with E-state index in [2.05, 4.69) is 0 Å². The normalized spacial score (nSPS) is 47.2. The molecule has 26 heteroatoms. The third kappa shape index (κ3) is 9.99. The molecule has 0 spiro atoms. The van der Waals surface area contributed by atoms with Gasteiger partial charge in [-0.3, -0.25) is 0 Å². The minimum absolute atomic E-state index is 0.163. The van der Waals surface area contributed by atoms with Crippen molar-refractivity contribution in [3.63, 3.8) is 0 Å². The number of ether oxygens (including phenoxy) is 8. The zero-order valence-electron chi connectivity index (χ0n) is 29.9. The summed E-state index contributed by atoms with van der Waals surface area (Å²) in [4.78, 5) is 11.1. The van der Waals surface area contributed by atoms with Crippen molar-refractivity contribution in [1.82, 2.24) is 0 Å². The van der Waals surface area contributed by atoms with Crippen LogP contribution in [0.5, 0.6) is 0 Å². The third-order valence-electron chi connectivity index (χ3n) is 10.2. The minimum atomic E-state index is -1.87. The average molecular weight is 824 g/mol. The summed E-state index contributed by atoms with van der Waals surface area (Å²) in [6.45, 7) is -4.20. The molecule has 0 amide bonds. The lowest BCUT2D eigenvalue weighted by molar-refractivity contribution is -0.361. The number of carbonyl (C=O) groups excluding carboxylic acids is 1. The Labute approximate surface area is 319 Å². The van der Waals surface area contributed by atoms with Crippen LogP contribution in [0.2, 0.25) is 0 Å². The summed E-state index contributed by atoms with van der Waals surface area (Å²) in [5.41, 5.74) is 30.1. The number of nitrogens with two attached hydrogens (primary N) is 5.